The van der Waals surface area contributed by atoms with Gasteiger partial charge in [0.05, 0.1) is 5.25 Å². The Morgan fingerprint density at radius 3 is 2.43 bits per heavy atom. The maximum absolute atomic E-state index is 12.7. The lowest BCUT2D eigenvalue weighted by Gasteiger charge is -2.12. The van der Waals surface area contributed by atoms with Crippen LogP contribution in [-0.2, 0) is 17.6 Å². The molecular formula is C19H18F3N5O2S. The first-order valence-corrected chi connectivity index (χ1v) is 9.64. The van der Waals surface area contributed by atoms with Crippen molar-refractivity contribution in [3.8, 4) is 5.75 Å². The second-order valence-corrected chi connectivity index (χ2v) is 7.53. The number of thioether (sulfide) groups is 1. The molecule has 3 aromatic rings. The number of nitrogen functional groups attached to an aromatic ring is 1. The normalized spacial score (nSPS) is 12.4. The van der Waals surface area contributed by atoms with Crippen LogP contribution in [0, 0.1) is 0 Å². The highest BCUT2D eigenvalue weighted by molar-refractivity contribution is 8.00. The SMILES string of the molecule is C[C@H](Sc1nnc(C(F)(F)F)n1N)C(=O)Nc1ccc(OCc2ccccc2)cc1. The van der Waals surface area contributed by atoms with Gasteiger partial charge in [-0.25, -0.2) is 4.68 Å². The molecule has 0 saturated heterocycles. The Hall–Kier alpha value is -3.21. The van der Waals surface area contributed by atoms with Crippen LogP contribution in [0.4, 0.5) is 18.9 Å². The molecule has 0 fully saturated rings. The van der Waals surface area contributed by atoms with Crippen LogP contribution in [0.15, 0.2) is 59.8 Å². The van der Waals surface area contributed by atoms with Crippen molar-refractivity contribution in [3.05, 3.63) is 66.0 Å². The van der Waals surface area contributed by atoms with E-state index >= 15 is 0 Å². The third-order valence-electron chi connectivity index (χ3n) is 3.94. The van der Waals surface area contributed by atoms with Crippen LogP contribution in [0.5, 0.6) is 5.75 Å². The lowest BCUT2D eigenvalue weighted by Crippen LogP contribution is -2.25. The topological polar surface area (TPSA) is 95.1 Å². The zero-order valence-corrected chi connectivity index (χ0v) is 16.6. The number of aromatic nitrogens is 3. The van der Waals surface area contributed by atoms with E-state index in [0.717, 1.165) is 17.3 Å². The first-order chi connectivity index (χ1) is 14.2. The summed E-state index contributed by atoms with van der Waals surface area (Å²) in [6.45, 7) is 1.94. The first kappa shape index (κ1) is 21.5. The number of amides is 1. The van der Waals surface area contributed by atoms with Crippen LogP contribution >= 0.6 is 11.8 Å². The van der Waals surface area contributed by atoms with Crippen LogP contribution in [0.3, 0.4) is 0 Å². The quantitative estimate of drug-likeness (QED) is 0.432. The van der Waals surface area contributed by atoms with Gasteiger partial charge in [-0.05, 0) is 36.8 Å². The van der Waals surface area contributed by atoms with Gasteiger partial charge in [-0.15, -0.1) is 10.2 Å². The number of hydrogen-bond donors (Lipinski definition) is 2. The third-order valence-corrected chi connectivity index (χ3v) is 5.00. The summed E-state index contributed by atoms with van der Waals surface area (Å²) >= 11 is 0.771. The van der Waals surface area contributed by atoms with Gasteiger partial charge >= 0.3 is 6.18 Å². The van der Waals surface area contributed by atoms with Crippen molar-refractivity contribution in [2.24, 2.45) is 0 Å². The molecule has 1 heterocycles. The van der Waals surface area contributed by atoms with Crippen molar-refractivity contribution in [1.29, 1.82) is 0 Å². The Labute approximate surface area is 174 Å². The predicted octanol–water partition coefficient (Wildman–Crippen LogP) is 3.71. The van der Waals surface area contributed by atoms with Crippen LogP contribution in [0.25, 0.3) is 0 Å². The second kappa shape index (κ2) is 9.08. The predicted molar refractivity (Wildman–Crippen MR) is 106 cm³/mol. The number of anilines is 1. The van der Waals surface area contributed by atoms with Gasteiger partial charge in [0.25, 0.3) is 5.82 Å². The number of rotatable bonds is 7. The smallest absolute Gasteiger partial charge is 0.453 e. The van der Waals surface area contributed by atoms with Gasteiger partial charge in [0.2, 0.25) is 11.1 Å². The van der Waals surface area contributed by atoms with Crippen LogP contribution in [0.1, 0.15) is 18.3 Å². The molecule has 0 unspecified atom stereocenters. The third kappa shape index (κ3) is 5.44. The molecule has 0 saturated carbocycles. The molecule has 1 atom stereocenters. The molecule has 1 amide bonds. The van der Waals surface area contributed by atoms with Crippen molar-refractivity contribution in [1.82, 2.24) is 14.9 Å². The van der Waals surface area contributed by atoms with E-state index in [0.29, 0.717) is 22.7 Å². The average molecular weight is 437 g/mol. The molecule has 30 heavy (non-hydrogen) atoms. The van der Waals surface area contributed by atoms with Crippen molar-refractivity contribution >= 4 is 23.4 Å². The molecule has 0 spiro atoms. The zero-order valence-electron chi connectivity index (χ0n) is 15.8. The molecule has 2 aromatic carbocycles. The van der Waals surface area contributed by atoms with Crippen LogP contribution < -0.4 is 15.9 Å². The fourth-order valence-corrected chi connectivity index (χ4v) is 3.15. The number of ether oxygens (including phenoxy) is 1. The molecule has 0 bridgehead atoms. The van der Waals surface area contributed by atoms with E-state index in [-0.39, 0.29) is 5.16 Å². The van der Waals surface area contributed by atoms with Gasteiger partial charge in [0.15, 0.2) is 0 Å². The molecule has 0 radical (unpaired) electrons. The molecule has 3 rings (SSSR count). The van der Waals surface area contributed by atoms with Crippen LogP contribution in [-0.4, -0.2) is 26.0 Å². The largest absolute Gasteiger partial charge is 0.489 e. The van der Waals surface area contributed by atoms with E-state index in [1.807, 2.05) is 30.3 Å². The van der Waals surface area contributed by atoms with Gasteiger partial charge in [0.1, 0.15) is 12.4 Å². The maximum atomic E-state index is 12.7. The van der Waals surface area contributed by atoms with Gasteiger partial charge in [-0.1, -0.05) is 42.1 Å². The number of hydrogen-bond acceptors (Lipinski definition) is 6. The van der Waals surface area contributed by atoms with Crippen molar-refractivity contribution in [2.45, 2.75) is 30.1 Å². The first-order valence-electron chi connectivity index (χ1n) is 8.76. The fraction of sp³-hybridized carbons (Fsp3) is 0.211. The fourth-order valence-electron chi connectivity index (χ4n) is 2.38. The number of nitrogens with zero attached hydrogens (tertiary/aromatic N) is 3. The van der Waals surface area contributed by atoms with E-state index in [1.165, 1.54) is 6.92 Å². The molecule has 158 valence electrons. The Kier molecular flexibility index (Phi) is 6.50. The number of halogens is 3. The van der Waals surface area contributed by atoms with Gasteiger partial charge < -0.3 is 15.9 Å². The number of benzene rings is 2. The molecule has 0 aliphatic rings. The van der Waals surface area contributed by atoms with E-state index in [9.17, 15) is 18.0 Å². The van der Waals surface area contributed by atoms with Gasteiger partial charge in [-0.2, -0.15) is 13.2 Å². The van der Waals surface area contributed by atoms with Crippen LogP contribution in [0.2, 0.25) is 0 Å². The minimum atomic E-state index is -4.73. The summed E-state index contributed by atoms with van der Waals surface area (Å²) in [5, 5.41) is 8.14. The zero-order chi connectivity index (χ0) is 21.7. The Bertz CT molecular complexity index is 994. The highest BCUT2D eigenvalue weighted by Crippen LogP contribution is 2.30. The van der Waals surface area contributed by atoms with Crippen molar-refractivity contribution in [3.63, 3.8) is 0 Å². The van der Waals surface area contributed by atoms with Gasteiger partial charge in [0, 0.05) is 5.69 Å². The molecule has 0 aliphatic heterocycles. The summed E-state index contributed by atoms with van der Waals surface area (Å²) < 4.78 is 44.2. The lowest BCUT2D eigenvalue weighted by molar-refractivity contribution is -0.146. The summed E-state index contributed by atoms with van der Waals surface area (Å²) in [4.78, 5) is 12.3. The standard InChI is InChI=1S/C19H18F3N5O2S/c1-12(30-18-26-25-17(27(18)23)19(20,21)22)16(28)24-14-7-9-15(10-8-14)29-11-13-5-3-2-4-6-13/h2-10,12H,11,23H2,1H3,(H,24,28)/t12-/m0/s1. The summed E-state index contributed by atoms with van der Waals surface area (Å²) in [7, 11) is 0. The highest BCUT2D eigenvalue weighted by Gasteiger charge is 2.38. The number of nitrogens with one attached hydrogen (secondary N) is 1. The molecular weight excluding hydrogens is 419 g/mol. The maximum Gasteiger partial charge on any atom is 0.453 e. The average Bonchev–Trinajstić information content (AvgIpc) is 3.09. The molecule has 0 aliphatic carbocycles. The van der Waals surface area contributed by atoms with E-state index in [4.69, 9.17) is 10.6 Å². The monoisotopic (exact) mass is 437 g/mol. The Balaban J connectivity index is 1.54. The molecule has 3 N–H and O–H groups in total. The number of carbonyl (C=O) groups is 1. The Morgan fingerprint density at radius 1 is 1.17 bits per heavy atom. The Morgan fingerprint density at radius 2 is 1.83 bits per heavy atom. The lowest BCUT2D eigenvalue weighted by atomic mass is 10.2. The summed E-state index contributed by atoms with van der Waals surface area (Å²) in [6, 6.07) is 16.4. The minimum absolute atomic E-state index is 0.213. The molecule has 1 aromatic heterocycles. The van der Waals surface area contributed by atoms with Gasteiger partial charge in [-0.3, -0.25) is 4.79 Å². The summed E-state index contributed by atoms with van der Waals surface area (Å²) in [6.07, 6.45) is -4.73. The van der Waals surface area contributed by atoms with Crippen molar-refractivity contribution in [2.75, 3.05) is 11.2 Å². The second-order valence-electron chi connectivity index (χ2n) is 6.22. The number of carbonyl (C=O) groups excluding carboxylic acids is 1. The van der Waals surface area contributed by atoms with E-state index in [1.54, 1.807) is 24.3 Å². The number of nitrogens with two attached hydrogens (primary N) is 1. The summed E-state index contributed by atoms with van der Waals surface area (Å²) in [5.74, 6) is 4.27. The van der Waals surface area contributed by atoms with E-state index < -0.39 is 23.2 Å². The minimum Gasteiger partial charge on any atom is -0.489 e. The number of alkyl halides is 3. The van der Waals surface area contributed by atoms with E-state index in [2.05, 4.69) is 15.5 Å². The highest BCUT2D eigenvalue weighted by atomic mass is 32.2. The molecule has 11 heteroatoms. The summed E-state index contributed by atoms with van der Waals surface area (Å²) in [5.41, 5.74) is 1.55. The van der Waals surface area contributed by atoms with Crippen molar-refractivity contribution < 1.29 is 22.7 Å². The molecule has 7 nitrogen and oxygen atoms in total.